The molecule has 1 aromatic carbocycles. The predicted molar refractivity (Wildman–Crippen MR) is 89.5 cm³/mol. The molecule has 0 aliphatic carbocycles. The highest BCUT2D eigenvalue weighted by Crippen LogP contribution is 2.24. The summed E-state index contributed by atoms with van der Waals surface area (Å²) in [7, 11) is 1.49. The van der Waals surface area contributed by atoms with Gasteiger partial charge in [-0.05, 0) is 30.3 Å². The first-order chi connectivity index (χ1) is 11.0. The first-order valence-corrected chi connectivity index (χ1v) is 7.19. The zero-order valence-electron chi connectivity index (χ0n) is 12.0. The van der Waals surface area contributed by atoms with Gasteiger partial charge in [0.15, 0.2) is 0 Å². The van der Waals surface area contributed by atoms with Gasteiger partial charge in [0, 0.05) is 5.56 Å². The van der Waals surface area contributed by atoms with Crippen LogP contribution in [0.25, 0.3) is 6.08 Å². The number of benzene rings is 1. The number of anilines is 1. The Morgan fingerprint density at radius 1 is 1.30 bits per heavy atom. The van der Waals surface area contributed by atoms with E-state index in [1.54, 1.807) is 30.3 Å². The van der Waals surface area contributed by atoms with Crippen LogP contribution in [-0.2, 0) is 4.79 Å². The topological polar surface area (TPSA) is 75.0 Å². The van der Waals surface area contributed by atoms with Crippen LogP contribution in [0.15, 0.2) is 42.0 Å². The molecule has 0 saturated heterocycles. The number of methoxy groups -OCH3 is 1. The third kappa shape index (κ3) is 4.22. The van der Waals surface area contributed by atoms with E-state index in [4.69, 9.17) is 27.9 Å². The third-order valence-corrected chi connectivity index (χ3v) is 3.38. The zero-order chi connectivity index (χ0) is 16.8. The normalized spacial score (nSPS) is 10.8. The van der Waals surface area contributed by atoms with Gasteiger partial charge in [-0.25, -0.2) is 4.98 Å². The Labute approximate surface area is 143 Å². The van der Waals surface area contributed by atoms with Crippen molar-refractivity contribution in [2.45, 2.75) is 0 Å². The second kappa shape index (κ2) is 7.63. The summed E-state index contributed by atoms with van der Waals surface area (Å²) in [6.07, 6.45) is 1.34. The number of pyridine rings is 1. The summed E-state index contributed by atoms with van der Waals surface area (Å²) in [6, 6.07) is 11.8. The molecule has 0 unspecified atom stereocenters. The number of hydrogen-bond acceptors (Lipinski definition) is 4. The lowest BCUT2D eigenvalue weighted by Gasteiger charge is -2.09. The molecule has 5 nitrogen and oxygen atoms in total. The lowest BCUT2D eigenvalue weighted by atomic mass is 10.1. The minimum absolute atomic E-state index is 0.107. The fraction of sp³-hybridized carbons (Fsp3) is 0.0625. The lowest BCUT2D eigenvalue weighted by Crippen LogP contribution is -2.14. The molecule has 1 heterocycles. The van der Waals surface area contributed by atoms with Gasteiger partial charge in [-0.3, -0.25) is 4.79 Å². The molecule has 1 amide bonds. The standard InChI is InChI=1S/C16H11Cl2N3O2/c1-23-13-5-3-2-4-12(13)20-16(22)11(9-19)8-10-6-7-14(17)21-15(10)18/h2-8H,1H3,(H,20,22)/b11-8+. The van der Waals surface area contributed by atoms with Gasteiger partial charge in [-0.15, -0.1) is 0 Å². The molecular formula is C16H11Cl2N3O2. The van der Waals surface area contributed by atoms with Crippen LogP contribution in [0.4, 0.5) is 5.69 Å². The molecule has 2 rings (SSSR count). The number of hydrogen-bond donors (Lipinski definition) is 1. The van der Waals surface area contributed by atoms with E-state index in [9.17, 15) is 10.1 Å². The van der Waals surface area contributed by atoms with E-state index in [1.807, 2.05) is 6.07 Å². The summed E-state index contributed by atoms with van der Waals surface area (Å²) in [4.78, 5) is 16.1. The van der Waals surface area contributed by atoms with Crippen LogP contribution < -0.4 is 10.1 Å². The van der Waals surface area contributed by atoms with Crippen LogP contribution in [0.3, 0.4) is 0 Å². The number of ether oxygens (including phenoxy) is 1. The van der Waals surface area contributed by atoms with Gasteiger partial charge in [0.25, 0.3) is 5.91 Å². The molecule has 0 atom stereocenters. The Morgan fingerprint density at radius 2 is 2.04 bits per heavy atom. The molecule has 0 fully saturated rings. The highest BCUT2D eigenvalue weighted by Gasteiger charge is 2.13. The van der Waals surface area contributed by atoms with Crippen LogP contribution in [0, 0.1) is 11.3 Å². The predicted octanol–water partition coefficient (Wildman–Crippen LogP) is 3.94. The van der Waals surface area contributed by atoms with E-state index in [-0.39, 0.29) is 15.9 Å². The Morgan fingerprint density at radius 3 is 2.70 bits per heavy atom. The quantitative estimate of drug-likeness (QED) is 0.516. The van der Waals surface area contributed by atoms with Crippen molar-refractivity contribution in [3.63, 3.8) is 0 Å². The molecule has 0 spiro atoms. The van der Waals surface area contributed by atoms with Gasteiger partial charge in [-0.2, -0.15) is 5.26 Å². The molecule has 0 aliphatic rings. The molecule has 7 heteroatoms. The number of aromatic nitrogens is 1. The summed E-state index contributed by atoms with van der Waals surface area (Å²) in [6.45, 7) is 0. The second-order valence-corrected chi connectivity index (χ2v) is 5.08. The highest BCUT2D eigenvalue weighted by molar-refractivity contribution is 6.33. The van der Waals surface area contributed by atoms with Crippen molar-refractivity contribution in [3.8, 4) is 11.8 Å². The molecule has 0 saturated carbocycles. The van der Waals surface area contributed by atoms with E-state index in [2.05, 4.69) is 10.3 Å². The molecule has 0 bridgehead atoms. The van der Waals surface area contributed by atoms with Gasteiger partial charge >= 0.3 is 0 Å². The van der Waals surface area contributed by atoms with Gasteiger partial charge < -0.3 is 10.1 Å². The van der Waals surface area contributed by atoms with E-state index in [1.165, 1.54) is 19.3 Å². The molecule has 116 valence electrons. The van der Waals surface area contributed by atoms with Gasteiger partial charge in [0.05, 0.1) is 12.8 Å². The smallest absolute Gasteiger partial charge is 0.266 e. The van der Waals surface area contributed by atoms with Gasteiger partial charge in [0.2, 0.25) is 0 Å². The molecule has 23 heavy (non-hydrogen) atoms. The van der Waals surface area contributed by atoms with Gasteiger partial charge in [-0.1, -0.05) is 35.3 Å². The summed E-state index contributed by atoms with van der Waals surface area (Å²) < 4.78 is 5.15. The molecule has 1 N–H and O–H groups in total. The fourth-order valence-corrected chi connectivity index (χ4v) is 2.17. The number of nitriles is 1. The third-order valence-electron chi connectivity index (χ3n) is 2.86. The highest BCUT2D eigenvalue weighted by atomic mass is 35.5. The minimum Gasteiger partial charge on any atom is -0.495 e. The minimum atomic E-state index is -0.581. The Hall–Kier alpha value is -2.55. The van der Waals surface area contributed by atoms with E-state index < -0.39 is 5.91 Å². The summed E-state index contributed by atoms with van der Waals surface area (Å²) in [5, 5.41) is 12.2. The SMILES string of the molecule is COc1ccccc1NC(=O)/C(C#N)=C/c1ccc(Cl)nc1Cl. The van der Waals surface area contributed by atoms with Gasteiger partial charge in [0.1, 0.15) is 27.7 Å². The van der Waals surface area contributed by atoms with Crippen LogP contribution in [0.1, 0.15) is 5.56 Å². The first kappa shape index (κ1) is 16.8. The van der Waals surface area contributed by atoms with Crippen molar-refractivity contribution in [1.82, 2.24) is 4.98 Å². The molecule has 1 aromatic heterocycles. The van der Waals surface area contributed by atoms with E-state index in [0.717, 1.165) is 0 Å². The molecule has 2 aromatic rings. The number of amides is 1. The van der Waals surface area contributed by atoms with Crippen molar-refractivity contribution < 1.29 is 9.53 Å². The zero-order valence-corrected chi connectivity index (χ0v) is 13.5. The maximum Gasteiger partial charge on any atom is 0.266 e. The maximum atomic E-state index is 12.2. The van der Waals surface area contributed by atoms with Crippen molar-refractivity contribution in [2.24, 2.45) is 0 Å². The number of halogens is 2. The summed E-state index contributed by atoms with van der Waals surface area (Å²) in [5.74, 6) is -0.0904. The number of carbonyl (C=O) groups excluding carboxylic acids is 1. The summed E-state index contributed by atoms with van der Waals surface area (Å²) in [5.41, 5.74) is 0.756. The van der Waals surface area contributed by atoms with Crippen LogP contribution in [0.5, 0.6) is 5.75 Å². The Kier molecular flexibility index (Phi) is 5.58. The second-order valence-electron chi connectivity index (χ2n) is 4.34. The Bertz CT molecular complexity index is 813. The van der Waals surface area contributed by atoms with Crippen molar-refractivity contribution in [3.05, 3.63) is 57.8 Å². The average molecular weight is 348 g/mol. The number of nitrogens with one attached hydrogen (secondary N) is 1. The van der Waals surface area contributed by atoms with Crippen LogP contribution in [0.2, 0.25) is 10.3 Å². The van der Waals surface area contributed by atoms with Crippen molar-refractivity contribution in [1.29, 1.82) is 5.26 Å². The number of para-hydroxylation sites is 2. The van der Waals surface area contributed by atoms with E-state index >= 15 is 0 Å². The average Bonchev–Trinajstić information content (AvgIpc) is 2.54. The lowest BCUT2D eigenvalue weighted by molar-refractivity contribution is -0.112. The molecular weight excluding hydrogens is 337 g/mol. The van der Waals surface area contributed by atoms with Crippen LogP contribution in [-0.4, -0.2) is 18.0 Å². The van der Waals surface area contributed by atoms with E-state index in [0.29, 0.717) is 17.0 Å². The number of rotatable bonds is 4. The molecule has 0 aliphatic heterocycles. The fourth-order valence-electron chi connectivity index (χ4n) is 1.77. The summed E-state index contributed by atoms with van der Waals surface area (Å²) >= 11 is 11.7. The monoisotopic (exact) mass is 347 g/mol. The number of carbonyl (C=O) groups is 1. The van der Waals surface area contributed by atoms with Crippen molar-refractivity contribution >= 4 is 40.9 Å². The number of nitrogens with zero attached hydrogens (tertiary/aromatic N) is 2. The first-order valence-electron chi connectivity index (χ1n) is 6.43. The van der Waals surface area contributed by atoms with Crippen molar-refractivity contribution in [2.75, 3.05) is 12.4 Å². The van der Waals surface area contributed by atoms with Crippen LogP contribution >= 0.6 is 23.2 Å². The largest absolute Gasteiger partial charge is 0.495 e. The maximum absolute atomic E-state index is 12.2. The Balaban J connectivity index is 2.28. The molecule has 0 radical (unpaired) electrons.